The summed E-state index contributed by atoms with van der Waals surface area (Å²) in [5, 5.41) is 5.76. The van der Waals surface area contributed by atoms with Crippen molar-refractivity contribution in [1.82, 2.24) is 10.2 Å². The lowest BCUT2D eigenvalue weighted by molar-refractivity contribution is 0.0945. The molecule has 0 spiro atoms. The van der Waals surface area contributed by atoms with Crippen LogP contribution in [0.4, 0.5) is 14.9 Å². The molecule has 0 atom stereocenters. The van der Waals surface area contributed by atoms with Crippen LogP contribution in [0.15, 0.2) is 48.5 Å². The fourth-order valence-corrected chi connectivity index (χ4v) is 3.46. The van der Waals surface area contributed by atoms with Crippen molar-refractivity contribution in [1.29, 1.82) is 0 Å². The van der Waals surface area contributed by atoms with Crippen LogP contribution in [0.25, 0.3) is 0 Å². The van der Waals surface area contributed by atoms with Crippen molar-refractivity contribution >= 4 is 17.6 Å². The first-order valence-electron chi connectivity index (χ1n) is 9.69. The number of halogens is 1. The fraction of sp³-hybridized carbons (Fsp3) is 0.364. The highest BCUT2D eigenvalue weighted by molar-refractivity contribution is 5.94. The molecule has 0 aliphatic carbocycles. The number of likely N-dealkylation sites (tertiary alicyclic amines) is 1. The SMILES string of the molecule is Cc1ccccc1NC(=O)N1CCC(CCNC(=O)c2ccccc2F)CC1. The van der Waals surface area contributed by atoms with Crippen LogP contribution in [0.3, 0.4) is 0 Å². The highest BCUT2D eigenvalue weighted by atomic mass is 19.1. The molecule has 2 N–H and O–H groups in total. The van der Waals surface area contributed by atoms with Crippen molar-refractivity contribution in [3.05, 3.63) is 65.5 Å². The van der Waals surface area contributed by atoms with Crippen molar-refractivity contribution in [3.8, 4) is 0 Å². The normalized spacial score (nSPS) is 14.6. The molecular weight excluding hydrogens is 357 g/mol. The minimum atomic E-state index is -0.507. The third kappa shape index (κ3) is 5.09. The van der Waals surface area contributed by atoms with Crippen molar-refractivity contribution in [2.24, 2.45) is 5.92 Å². The van der Waals surface area contributed by atoms with Gasteiger partial charge < -0.3 is 15.5 Å². The summed E-state index contributed by atoms with van der Waals surface area (Å²) in [6.45, 7) is 3.87. The zero-order valence-corrected chi connectivity index (χ0v) is 16.1. The number of piperidine rings is 1. The molecule has 28 heavy (non-hydrogen) atoms. The number of para-hydroxylation sites is 1. The number of urea groups is 1. The third-order valence-corrected chi connectivity index (χ3v) is 5.25. The molecule has 0 bridgehead atoms. The first kappa shape index (κ1) is 19.9. The number of nitrogens with one attached hydrogen (secondary N) is 2. The number of benzene rings is 2. The highest BCUT2D eigenvalue weighted by Gasteiger charge is 2.23. The number of carbonyl (C=O) groups excluding carboxylic acids is 2. The molecule has 148 valence electrons. The highest BCUT2D eigenvalue weighted by Crippen LogP contribution is 2.21. The molecule has 0 radical (unpaired) electrons. The Kier molecular flexibility index (Phi) is 6.63. The van der Waals surface area contributed by atoms with E-state index in [0.717, 1.165) is 30.5 Å². The molecule has 0 aromatic heterocycles. The van der Waals surface area contributed by atoms with E-state index in [0.29, 0.717) is 25.6 Å². The third-order valence-electron chi connectivity index (χ3n) is 5.25. The number of nitrogens with zero attached hydrogens (tertiary/aromatic N) is 1. The van der Waals surface area contributed by atoms with E-state index in [2.05, 4.69) is 10.6 Å². The lowest BCUT2D eigenvalue weighted by Gasteiger charge is -2.32. The van der Waals surface area contributed by atoms with E-state index in [-0.39, 0.29) is 17.5 Å². The molecule has 1 heterocycles. The van der Waals surface area contributed by atoms with Gasteiger partial charge in [0.2, 0.25) is 0 Å². The minimum Gasteiger partial charge on any atom is -0.352 e. The van der Waals surface area contributed by atoms with E-state index in [4.69, 9.17) is 0 Å². The van der Waals surface area contributed by atoms with Crippen LogP contribution in [-0.4, -0.2) is 36.5 Å². The predicted molar refractivity (Wildman–Crippen MR) is 108 cm³/mol. The quantitative estimate of drug-likeness (QED) is 0.813. The van der Waals surface area contributed by atoms with Crippen LogP contribution in [0, 0.1) is 18.7 Å². The molecule has 1 saturated heterocycles. The number of carbonyl (C=O) groups is 2. The van der Waals surface area contributed by atoms with Crippen molar-refractivity contribution in [3.63, 3.8) is 0 Å². The number of hydrogen-bond donors (Lipinski definition) is 2. The van der Waals surface area contributed by atoms with E-state index in [1.54, 1.807) is 12.1 Å². The molecular formula is C22H26FN3O2. The zero-order chi connectivity index (χ0) is 19.9. The molecule has 2 aromatic rings. The van der Waals surface area contributed by atoms with Crippen LogP contribution < -0.4 is 10.6 Å². The van der Waals surface area contributed by atoms with Crippen LogP contribution in [0.2, 0.25) is 0 Å². The lowest BCUT2D eigenvalue weighted by Crippen LogP contribution is -2.41. The largest absolute Gasteiger partial charge is 0.352 e. The number of aryl methyl sites for hydroxylation is 1. The molecule has 1 fully saturated rings. The second-order valence-corrected chi connectivity index (χ2v) is 7.20. The Morgan fingerprint density at radius 3 is 2.46 bits per heavy atom. The Balaban J connectivity index is 1.39. The van der Waals surface area contributed by atoms with Gasteiger partial charge in [0, 0.05) is 25.3 Å². The molecule has 6 heteroatoms. The molecule has 1 aliphatic rings. The Hall–Kier alpha value is -2.89. The van der Waals surface area contributed by atoms with Crippen LogP contribution in [-0.2, 0) is 0 Å². The zero-order valence-electron chi connectivity index (χ0n) is 16.1. The van der Waals surface area contributed by atoms with Crippen LogP contribution >= 0.6 is 0 Å². The van der Waals surface area contributed by atoms with Crippen molar-refractivity contribution in [2.45, 2.75) is 26.2 Å². The Bertz CT molecular complexity index is 832. The van der Waals surface area contributed by atoms with E-state index < -0.39 is 5.82 Å². The Morgan fingerprint density at radius 1 is 1.07 bits per heavy atom. The average Bonchev–Trinajstić information content (AvgIpc) is 2.70. The maximum Gasteiger partial charge on any atom is 0.321 e. The fourth-order valence-electron chi connectivity index (χ4n) is 3.46. The summed E-state index contributed by atoms with van der Waals surface area (Å²) in [5.74, 6) is -0.440. The monoisotopic (exact) mass is 383 g/mol. The lowest BCUT2D eigenvalue weighted by atomic mass is 9.93. The summed E-state index contributed by atoms with van der Waals surface area (Å²) in [6, 6.07) is 13.6. The maximum absolute atomic E-state index is 13.6. The van der Waals surface area contributed by atoms with E-state index in [1.165, 1.54) is 12.1 Å². The van der Waals surface area contributed by atoms with Gasteiger partial charge in [-0.1, -0.05) is 30.3 Å². The first-order valence-corrected chi connectivity index (χ1v) is 9.69. The van der Waals surface area contributed by atoms with E-state index in [9.17, 15) is 14.0 Å². The minimum absolute atomic E-state index is 0.0689. The summed E-state index contributed by atoms with van der Waals surface area (Å²) in [7, 11) is 0. The molecule has 5 nitrogen and oxygen atoms in total. The second-order valence-electron chi connectivity index (χ2n) is 7.20. The van der Waals surface area contributed by atoms with Gasteiger partial charge in [-0.05, 0) is 55.9 Å². The summed E-state index contributed by atoms with van der Waals surface area (Å²) in [4.78, 5) is 26.3. The summed E-state index contributed by atoms with van der Waals surface area (Å²) >= 11 is 0. The molecule has 1 aliphatic heterocycles. The summed E-state index contributed by atoms with van der Waals surface area (Å²) in [5.41, 5.74) is 1.95. The maximum atomic E-state index is 13.6. The van der Waals surface area contributed by atoms with Gasteiger partial charge in [0.1, 0.15) is 5.82 Å². The second kappa shape index (κ2) is 9.35. The molecule has 3 rings (SSSR count). The number of amides is 3. The van der Waals surface area contributed by atoms with Crippen LogP contribution in [0.1, 0.15) is 35.2 Å². The van der Waals surface area contributed by atoms with Gasteiger partial charge in [-0.25, -0.2) is 9.18 Å². The molecule has 3 amide bonds. The van der Waals surface area contributed by atoms with Crippen molar-refractivity contribution in [2.75, 3.05) is 25.0 Å². The number of hydrogen-bond acceptors (Lipinski definition) is 2. The first-order chi connectivity index (χ1) is 13.5. The molecule has 0 unspecified atom stereocenters. The van der Waals surface area contributed by atoms with E-state index in [1.807, 2.05) is 36.1 Å². The number of anilines is 1. The topological polar surface area (TPSA) is 61.4 Å². The van der Waals surface area contributed by atoms with Crippen LogP contribution in [0.5, 0.6) is 0 Å². The van der Waals surface area contributed by atoms with Gasteiger partial charge in [-0.3, -0.25) is 4.79 Å². The molecule has 2 aromatic carbocycles. The average molecular weight is 383 g/mol. The Labute approximate surface area is 164 Å². The Morgan fingerprint density at radius 2 is 1.75 bits per heavy atom. The van der Waals surface area contributed by atoms with E-state index >= 15 is 0 Å². The summed E-state index contributed by atoms with van der Waals surface area (Å²) < 4.78 is 13.6. The van der Waals surface area contributed by atoms with Gasteiger partial charge in [-0.15, -0.1) is 0 Å². The standard InChI is InChI=1S/C22H26FN3O2/c1-16-6-2-5-9-20(16)25-22(28)26-14-11-17(12-15-26)10-13-24-21(27)18-7-3-4-8-19(18)23/h2-9,17H,10-15H2,1H3,(H,24,27)(H,25,28). The molecule has 0 saturated carbocycles. The van der Waals surface area contributed by atoms with Crippen molar-refractivity contribution < 1.29 is 14.0 Å². The van der Waals surface area contributed by atoms with Gasteiger partial charge in [0.05, 0.1) is 5.56 Å². The van der Waals surface area contributed by atoms with Gasteiger partial charge >= 0.3 is 6.03 Å². The predicted octanol–water partition coefficient (Wildman–Crippen LogP) is 4.20. The summed E-state index contributed by atoms with van der Waals surface area (Å²) in [6.07, 6.45) is 2.63. The number of rotatable bonds is 5. The smallest absolute Gasteiger partial charge is 0.321 e. The van der Waals surface area contributed by atoms with Gasteiger partial charge in [0.25, 0.3) is 5.91 Å². The van der Waals surface area contributed by atoms with Gasteiger partial charge in [-0.2, -0.15) is 0 Å². The van der Waals surface area contributed by atoms with Gasteiger partial charge in [0.15, 0.2) is 0 Å².